The molecular weight excluding hydrogens is 400 g/mol. The Balaban J connectivity index is 1.67. The van der Waals surface area contributed by atoms with Gasteiger partial charge in [-0.05, 0) is 51.1 Å². The van der Waals surface area contributed by atoms with Gasteiger partial charge >= 0.3 is 0 Å². The van der Waals surface area contributed by atoms with Crippen LogP contribution in [-0.4, -0.2) is 56.2 Å². The number of hydrogen-bond acceptors (Lipinski definition) is 6. The van der Waals surface area contributed by atoms with Crippen LogP contribution < -0.4 is 24.3 Å². The molecule has 0 saturated heterocycles. The molecule has 31 heavy (non-hydrogen) atoms. The number of fused-ring (bicyclic) bond motifs is 1. The molecule has 0 unspecified atom stereocenters. The predicted molar refractivity (Wildman–Crippen MR) is 116 cm³/mol. The predicted octanol–water partition coefficient (Wildman–Crippen LogP) is 3.35. The van der Waals surface area contributed by atoms with Gasteiger partial charge in [0.05, 0.1) is 13.2 Å². The molecule has 0 radical (unpaired) electrons. The summed E-state index contributed by atoms with van der Waals surface area (Å²) in [5, 5.41) is 2.80. The number of ether oxygens (including phenoxy) is 4. The topological polar surface area (TPSA) is 86.3 Å². The molecule has 0 saturated carbocycles. The highest BCUT2D eigenvalue weighted by atomic mass is 16.6. The fourth-order valence-corrected chi connectivity index (χ4v) is 3.16. The van der Waals surface area contributed by atoms with Crippen LogP contribution in [0.15, 0.2) is 36.4 Å². The summed E-state index contributed by atoms with van der Waals surface area (Å²) in [6.45, 7) is 6.91. The van der Waals surface area contributed by atoms with Crippen LogP contribution in [0.3, 0.4) is 0 Å². The van der Waals surface area contributed by atoms with Crippen LogP contribution in [-0.2, 0) is 4.79 Å². The molecule has 2 aromatic rings. The normalized spacial score (nSPS) is 12.3. The van der Waals surface area contributed by atoms with E-state index in [1.165, 1.54) is 12.0 Å². The average molecular weight is 428 g/mol. The molecule has 8 heteroatoms. The molecular formula is C23H28N2O6. The van der Waals surface area contributed by atoms with Gasteiger partial charge in [0.1, 0.15) is 19.8 Å². The van der Waals surface area contributed by atoms with Gasteiger partial charge in [-0.2, -0.15) is 0 Å². The maximum absolute atomic E-state index is 13.0. The molecule has 0 spiro atoms. The third kappa shape index (κ3) is 5.59. The Bertz CT molecular complexity index is 944. The molecule has 1 heterocycles. The number of anilines is 1. The van der Waals surface area contributed by atoms with Gasteiger partial charge in [0.15, 0.2) is 23.0 Å². The van der Waals surface area contributed by atoms with Crippen molar-refractivity contribution in [1.82, 2.24) is 4.90 Å². The van der Waals surface area contributed by atoms with Gasteiger partial charge in [0.2, 0.25) is 5.91 Å². The van der Waals surface area contributed by atoms with E-state index < -0.39 is 0 Å². The van der Waals surface area contributed by atoms with Gasteiger partial charge < -0.3 is 29.2 Å². The van der Waals surface area contributed by atoms with Crippen LogP contribution in [0.5, 0.6) is 23.0 Å². The molecule has 166 valence electrons. The number of carbonyl (C=O) groups is 2. The summed E-state index contributed by atoms with van der Waals surface area (Å²) in [7, 11) is 1.52. The fourth-order valence-electron chi connectivity index (χ4n) is 3.16. The standard InChI is InChI=1S/C23H28N2O6/c1-5-25(23(27)16-6-8-19(31-15(2)3)20(12-16)28-4)14-22(26)24-17-7-9-18-21(13-17)30-11-10-29-18/h6-9,12-13,15H,5,10-11,14H2,1-4H3,(H,24,26). The first-order chi connectivity index (χ1) is 14.9. The average Bonchev–Trinajstić information content (AvgIpc) is 2.76. The van der Waals surface area contributed by atoms with Gasteiger partial charge in [0, 0.05) is 23.9 Å². The lowest BCUT2D eigenvalue weighted by molar-refractivity contribution is -0.116. The number of hydrogen-bond donors (Lipinski definition) is 1. The van der Waals surface area contributed by atoms with Crippen molar-refractivity contribution in [2.45, 2.75) is 26.9 Å². The molecule has 2 aromatic carbocycles. The van der Waals surface area contributed by atoms with E-state index in [9.17, 15) is 9.59 Å². The number of nitrogens with zero attached hydrogens (tertiary/aromatic N) is 1. The van der Waals surface area contributed by atoms with Crippen LogP contribution in [0.1, 0.15) is 31.1 Å². The number of methoxy groups -OCH3 is 1. The number of likely N-dealkylation sites (N-methyl/N-ethyl adjacent to an activating group) is 1. The Morgan fingerprint density at radius 2 is 1.81 bits per heavy atom. The number of nitrogens with one attached hydrogen (secondary N) is 1. The maximum Gasteiger partial charge on any atom is 0.254 e. The molecule has 3 rings (SSSR count). The van der Waals surface area contributed by atoms with Crippen molar-refractivity contribution in [2.75, 3.05) is 38.7 Å². The molecule has 1 N–H and O–H groups in total. The van der Waals surface area contributed by atoms with Crippen LogP contribution in [0.25, 0.3) is 0 Å². The quantitative estimate of drug-likeness (QED) is 0.694. The van der Waals surface area contributed by atoms with E-state index >= 15 is 0 Å². The van der Waals surface area contributed by atoms with Crippen molar-refractivity contribution in [3.05, 3.63) is 42.0 Å². The number of carbonyl (C=O) groups excluding carboxylic acids is 2. The fraction of sp³-hybridized carbons (Fsp3) is 0.391. The molecule has 0 atom stereocenters. The van der Waals surface area contributed by atoms with E-state index in [1.807, 2.05) is 20.8 Å². The van der Waals surface area contributed by atoms with Crippen molar-refractivity contribution in [2.24, 2.45) is 0 Å². The van der Waals surface area contributed by atoms with E-state index in [1.54, 1.807) is 36.4 Å². The minimum Gasteiger partial charge on any atom is -0.493 e. The van der Waals surface area contributed by atoms with Crippen LogP contribution in [0, 0.1) is 0 Å². The van der Waals surface area contributed by atoms with E-state index in [4.69, 9.17) is 18.9 Å². The van der Waals surface area contributed by atoms with E-state index in [0.29, 0.717) is 54.0 Å². The third-order valence-electron chi connectivity index (χ3n) is 4.60. The Morgan fingerprint density at radius 3 is 2.48 bits per heavy atom. The van der Waals surface area contributed by atoms with Gasteiger partial charge in [-0.3, -0.25) is 9.59 Å². The van der Waals surface area contributed by atoms with Gasteiger partial charge in [-0.15, -0.1) is 0 Å². The highest BCUT2D eigenvalue weighted by molar-refractivity contribution is 5.99. The molecule has 1 aliphatic rings. The summed E-state index contributed by atoms with van der Waals surface area (Å²) in [5.41, 5.74) is 0.997. The lowest BCUT2D eigenvalue weighted by atomic mass is 10.1. The Hall–Kier alpha value is -3.42. The number of benzene rings is 2. The minimum absolute atomic E-state index is 0.0214. The Morgan fingerprint density at radius 1 is 1.06 bits per heavy atom. The Labute approximate surface area is 182 Å². The van der Waals surface area contributed by atoms with E-state index in [0.717, 1.165) is 0 Å². The van der Waals surface area contributed by atoms with Crippen LogP contribution >= 0.6 is 0 Å². The summed E-state index contributed by atoms with van der Waals surface area (Å²) in [5.74, 6) is 1.69. The summed E-state index contributed by atoms with van der Waals surface area (Å²) < 4.78 is 22.1. The SMILES string of the molecule is CCN(CC(=O)Nc1ccc2c(c1)OCCO2)C(=O)c1ccc(OC(C)C)c(OC)c1. The second kappa shape index (κ2) is 10.1. The first kappa shape index (κ1) is 22.3. The van der Waals surface area contributed by atoms with Crippen molar-refractivity contribution in [3.63, 3.8) is 0 Å². The summed E-state index contributed by atoms with van der Waals surface area (Å²) in [6, 6.07) is 10.2. The number of amides is 2. The molecule has 0 aromatic heterocycles. The summed E-state index contributed by atoms with van der Waals surface area (Å²) in [4.78, 5) is 27.0. The first-order valence-corrected chi connectivity index (χ1v) is 10.2. The zero-order chi connectivity index (χ0) is 22.4. The van der Waals surface area contributed by atoms with Gasteiger partial charge in [0.25, 0.3) is 5.91 Å². The molecule has 1 aliphatic heterocycles. The molecule has 8 nitrogen and oxygen atoms in total. The third-order valence-corrected chi connectivity index (χ3v) is 4.60. The molecule has 2 amide bonds. The minimum atomic E-state index is -0.307. The van der Waals surface area contributed by atoms with Crippen molar-refractivity contribution >= 4 is 17.5 Å². The molecule has 0 fully saturated rings. The largest absolute Gasteiger partial charge is 0.493 e. The van der Waals surface area contributed by atoms with Crippen LogP contribution in [0.4, 0.5) is 5.69 Å². The molecule has 0 bridgehead atoms. The van der Waals surface area contributed by atoms with Crippen molar-refractivity contribution in [1.29, 1.82) is 0 Å². The Kier molecular flexibility index (Phi) is 7.23. The highest BCUT2D eigenvalue weighted by Gasteiger charge is 2.20. The summed E-state index contributed by atoms with van der Waals surface area (Å²) >= 11 is 0. The smallest absolute Gasteiger partial charge is 0.254 e. The van der Waals surface area contributed by atoms with Crippen LogP contribution in [0.2, 0.25) is 0 Å². The first-order valence-electron chi connectivity index (χ1n) is 10.2. The lowest BCUT2D eigenvalue weighted by Gasteiger charge is -2.22. The second-order valence-corrected chi connectivity index (χ2v) is 7.26. The van der Waals surface area contributed by atoms with Gasteiger partial charge in [-0.25, -0.2) is 0 Å². The maximum atomic E-state index is 13.0. The zero-order valence-corrected chi connectivity index (χ0v) is 18.3. The summed E-state index contributed by atoms with van der Waals surface area (Å²) in [6.07, 6.45) is -0.0214. The van der Waals surface area contributed by atoms with E-state index in [-0.39, 0.29) is 24.5 Å². The highest BCUT2D eigenvalue weighted by Crippen LogP contribution is 2.32. The van der Waals surface area contributed by atoms with Crippen molar-refractivity contribution < 1.29 is 28.5 Å². The second-order valence-electron chi connectivity index (χ2n) is 7.26. The zero-order valence-electron chi connectivity index (χ0n) is 18.3. The number of rotatable bonds is 8. The van der Waals surface area contributed by atoms with Crippen molar-refractivity contribution in [3.8, 4) is 23.0 Å². The van der Waals surface area contributed by atoms with E-state index in [2.05, 4.69) is 5.32 Å². The van der Waals surface area contributed by atoms with Gasteiger partial charge in [-0.1, -0.05) is 0 Å². The lowest BCUT2D eigenvalue weighted by Crippen LogP contribution is -2.37. The monoisotopic (exact) mass is 428 g/mol. The molecule has 0 aliphatic carbocycles.